The number of aromatic nitrogens is 1. The van der Waals surface area contributed by atoms with E-state index < -0.39 is 12.1 Å². The van der Waals surface area contributed by atoms with Gasteiger partial charge in [-0.3, -0.25) is 0 Å². The van der Waals surface area contributed by atoms with Gasteiger partial charge in [-0.15, -0.1) is 0 Å². The Morgan fingerprint density at radius 2 is 1.93 bits per heavy atom. The van der Waals surface area contributed by atoms with Crippen molar-refractivity contribution in [3.05, 3.63) is 70.9 Å². The highest BCUT2D eigenvalue weighted by molar-refractivity contribution is 5.72. The highest BCUT2D eigenvalue weighted by atomic mass is 19.1. The third-order valence-electron chi connectivity index (χ3n) is 4.72. The van der Waals surface area contributed by atoms with Crippen LogP contribution < -0.4 is 4.74 Å². The van der Waals surface area contributed by atoms with E-state index in [4.69, 9.17) is 13.9 Å². The number of ether oxygens (including phenoxy) is 2. The molecule has 1 aromatic heterocycles. The summed E-state index contributed by atoms with van der Waals surface area (Å²) in [5.41, 5.74) is 3.15. The number of carboxylic acids is 1. The van der Waals surface area contributed by atoms with Crippen molar-refractivity contribution in [2.75, 3.05) is 6.61 Å². The first kappa shape index (κ1) is 21.5. The van der Waals surface area contributed by atoms with Crippen molar-refractivity contribution in [1.82, 2.24) is 4.98 Å². The molecular formula is C23H24FNO5. The van der Waals surface area contributed by atoms with Gasteiger partial charge in [-0.2, -0.15) is 0 Å². The van der Waals surface area contributed by atoms with Crippen molar-refractivity contribution in [3.63, 3.8) is 0 Å². The molecule has 2 aromatic carbocycles. The van der Waals surface area contributed by atoms with E-state index in [1.165, 1.54) is 12.1 Å². The van der Waals surface area contributed by atoms with Crippen LogP contribution in [0.4, 0.5) is 4.39 Å². The Morgan fingerprint density at radius 3 is 2.57 bits per heavy atom. The number of rotatable bonds is 9. The van der Waals surface area contributed by atoms with Crippen LogP contribution in [0.15, 0.2) is 46.9 Å². The Morgan fingerprint density at radius 1 is 1.20 bits per heavy atom. The standard InChI is InChI=1S/C23H24FNO5/c1-4-28-21(23(26)27)12-17-7-10-19(11-14(17)2)29-13-20-15(3)30-22(25-20)16-5-8-18(24)9-6-16/h5-11,21H,4,12-13H2,1-3H3,(H,26,27). The quantitative estimate of drug-likeness (QED) is 0.547. The molecule has 0 bridgehead atoms. The number of aryl methyl sites for hydroxylation is 2. The summed E-state index contributed by atoms with van der Waals surface area (Å²) in [5, 5.41) is 9.26. The fraction of sp³-hybridized carbons (Fsp3) is 0.304. The molecule has 0 amide bonds. The van der Waals surface area contributed by atoms with Crippen LogP contribution in [0.3, 0.4) is 0 Å². The molecule has 0 aliphatic rings. The first-order valence-electron chi connectivity index (χ1n) is 9.66. The number of nitrogens with zero attached hydrogens (tertiary/aromatic N) is 1. The van der Waals surface area contributed by atoms with E-state index in [2.05, 4.69) is 4.98 Å². The first-order chi connectivity index (χ1) is 14.4. The predicted octanol–water partition coefficient (Wildman–Crippen LogP) is 4.71. The second kappa shape index (κ2) is 9.54. The smallest absolute Gasteiger partial charge is 0.333 e. The Bertz CT molecular complexity index is 1010. The number of hydrogen-bond donors (Lipinski definition) is 1. The number of carboxylic acid groups (broad SMARTS) is 1. The largest absolute Gasteiger partial charge is 0.487 e. The summed E-state index contributed by atoms with van der Waals surface area (Å²) < 4.78 is 29.9. The van der Waals surface area contributed by atoms with Gasteiger partial charge in [0.25, 0.3) is 0 Å². The van der Waals surface area contributed by atoms with Gasteiger partial charge in [0.15, 0.2) is 6.10 Å². The lowest BCUT2D eigenvalue weighted by Crippen LogP contribution is -2.26. The van der Waals surface area contributed by atoms with Gasteiger partial charge in [-0.05, 0) is 68.3 Å². The molecule has 1 N–H and O–H groups in total. The molecule has 1 unspecified atom stereocenters. The first-order valence-corrected chi connectivity index (χ1v) is 9.66. The lowest BCUT2D eigenvalue weighted by atomic mass is 10.0. The van der Waals surface area contributed by atoms with E-state index in [-0.39, 0.29) is 12.4 Å². The van der Waals surface area contributed by atoms with Crippen LogP contribution in [0.1, 0.15) is 29.5 Å². The molecule has 1 atom stereocenters. The van der Waals surface area contributed by atoms with E-state index in [9.17, 15) is 14.3 Å². The normalized spacial score (nSPS) is 12.0. The molecule has 0 radical (unpaired) electrons. The van der Waals surface area contributed by atoms with Gasteiger partial charge in [-0.1, -0.05) is 6.07 Å². The van der Waals surface area contributed by atoms with Gasteiger partial charge in [0.2, 0.25) is 5.89 Å². The fourth-order valence-corrected chi connectivity index (χ4v) is 3.04. The zero-order valence-electron chi connectivity index (χ0n) is 17.1. The molecule has 0 saturated carbocycles. The minimum absolute atomic E-state index is 0.214. The maximum Gasteiger partial charge on any atom is 0.333 e. The Labute approximate surface area is 174 Å². The van der Waals surface area contributed by atoms with Gasteiger partial charge >= 0.3 is 5.97 Å². The Balaban J connectivity index is 1.67. The van der Waals surface area contributed by atoms with E-state index in [1.807, 2.05) is 19.1 Å². The minimum atomic E-state index is -0.977. The summed E-state index contributed by atoms with van der Waals surface area (Å²) >= 11 is 0. The van der Waals surface area contributed by atoms with Crippen LogP contribution in [0.2, 0.25) is 0 Å². The molecule has 7 heteroatoms. The van der Waals surface area contributed by atoms with Crippen molar-refractivity contribution in [2.45, 2.75) is 39.9 Å². The number of halogens is 1. The van der Waals surface area contributed by atoms with Crippen molar-refractivity contribution < 1.29 is 28.2 Å². The SMILES string of the molecule is CCOC(Cc1ccc(OCc2nc(-c3ccc(F)cc3)oc2C)cc1C)C(=O)O. The van der Waals surface area contributed by atoms with Crippen molar-refractivity contribution >= 4 is 5.97 Å². The summed E-state index contributed by atoms with van der Waals surface area (Å²) in [6, 6.07) is 11.4. The van der Waals surface area contributed by atoms with E-state index in [0.29, 0.717) is 41.7 Å². The predicted molar refractivity (Wildman–Crippen MR) is 109 cm³/mol. The second-order valence-electron chi connectivity index (χ2n) is 6.89. The van der Waals surface area contributed by atoms with Gasteiger partial charge in [0.1, 0.15) is 29.6 Å². The molecule has 3 aromatic rings. The zero-order chi connectivity index (χ0) is 21.7. The van der Waals surface area contributed by atoms with Crippen LogP contribution in [0.25, 0.3) is 11.5 Å². The maximum absolute atomic E-state index is 13.1. The van der Waals surface area contributed by atoms with Crippen molar-refractivity contribution in [1.29, 1.82) is 0 Å². The summed E-state index contributed by atoms with van der Waals surface area (Å²) in [6.45, 7) is 6.03. The zero-order valence-corrected chi connectivity index (χ0v) is 17.1. The Hall–Kier alpha value is -3.19. The topological polar surface area (TPSA) is 81.8 Å². The summed E-state index contributed by atoms with van der Waals surface area (Å²) in [4.78, 5) is 15.7. The second-order valence-corrected chi connectivity index (χ2v) is 6.89. The fourth-order valence-electron chi connectivity index (χ4n) is 3.04. The molecule has 158 valence electrons. The molecule has 0 fully saturated rings. The van der Waals surface area contributed by atoms with Crippen LogP contribution in [0.5, 0.6) is 5.75 Å². The van der Waals surface area contributed by atoms with Crippen LogP contribution in [-0.4, -0.2) is 28.8 Å². The van der Waals surface area contributed by atoms with Gasteiger partial charge in [0, 0.05) is 18.6 Å². The molecule has 0 saturated heterocycles. The molecule has 30 heavy (non-hydrogen) atoms. The number of hydrogen-bond acceptors (Lipinski definition) is 5. The number of oxazole rings is 1. The molecule has 6 nitrogen and oxygen atoms in total. The average molecular weight is 413 g/mol. The highest BCUT2D eigenvalue weighted by Crippen LogP contribution is 2.24. The highest BCUT2D eigenvalue weighted by Gasteiger charge is 2.19. The van der Waals surface area contributed by atoms with E-state index >= 15 is 0 Å². The summed E-state index contributed by atoms with van der Waals surface area (Å²) in [6.07, 6.45) is -0.582. The van der Waals surface area contributed by atoms with E-state index in [1.54, 1.807) is 32.0 Å². The molecule has 0 aliphatic heterocycles. The number of aliphatic carboxylic acids is 1. The summed E-state index contributed by atoms with van der Waals surface area (Å²) in [7, 11) is 0. The maximum atomic E-state index is 13.1. The molecule has 1 heterocycles. The molecule has 0 spiro atoms. The number of carbonyl (C=O) groups is 1. The van der Waals surface area contributed by atoms with E-state index in [0.717, 1.165) is 11.1 Å². The van der Waals surface area contributed by atoms with Crippen LogP contribution in [-0.2, 0) is 22.6 Å². The summed E-state index contributed by atoms with van der Waals surface area (Å²) in [5.74, 6) is 0.387. The average Bonchev–Trinajstić information content (AvgIpc) is 3.08. The van der Waals surface area contributed by atoms with Crippen LogP contribution >= 0.6 is 0 Å². The lowest BCUT2D eigenvalue weighted by Gasteiger charge is -2.15. The Kier molecular flexibility index (Phi) is 6.84. The van der Waals surface area contributed by atoms with Crippen molar-refractivity contribution in [2.24, 2.45) is 0 Å². The van der Waals surface area contributed by atoms with Gasteiger partial charge in [0.05, 0.1) is 0 Å². The third-order valence-corrected chi connectivity index (χ3v) is 4.72. The van der Waals surface area contributed by atoms with Crippen LogP contribution in [0, 0.1) is 19.7 Å². The monoisotopic (exact) mass is 413 g/mol. The lowest BCUT2D eigenvalue weighted by molar-refractivity contribution is -0.149. The molecule has 3 rings (SSSR count). The third kappa shape index (κ3) is 5.24. The number of benzene rings is 2. The van der Waals surface area contributed by atoms with Gasteiger partial charge < -0.3 is 19.0 Å². The van der Waals surface area contributed by atoms with Crippen molar-refractivity contribution in [3.8, 4) is 17.2 Å². The molecular weight excluding hydrogens is 389 g/mol. The molecule has 0 aliphatic carbocycles. The minimum Gasteiger partial charge on any atom is -0.487 e. The van der Waals surface area contributed by atoms with Gasteiger partial charge in [-0.25, -0.2) is 14.2 Å².